The molecule has 5 heteroatoms. The molecule has 1 aliphatic carbocycles. The molecular formula is C17H17N3O2. The van der Waals surface area contributed by atoms with Gasteiger partial charge in [0.15, 0.2) is 0 Å². The average molecular weight is 295 g/mol. The Morgan fingerprint density at radius 2 is 1.91 bits per heavy atom. The number of nitrogens with zero attached hydrogens (tertiary/aromatic N) is 1. The molecule has 1 heterocycles. The van der Waals surface area contributed by atoms with Crippen molar-refractivity contribution in [2.45, 2.75) is 19.3 Å². The molecule has 0 saturated heterocycles. The van der Waals surface area contributed by atoms with E-state index in [9.17, 15) is 9.59 Å². The number of fused-ring (bicyclic) bond motifs is 1. The first-order chi connectivity index (χ1) is 10.7. The molecule has 1 atom stereocenters. The SMILES string of the molecule is O=C(NNC(=O)[C@@H]1CC=CCC1)c1ccc2ccccc2n1. The summed E-state index contributed by atoms with van der Waals surface area (Å²) in [6, 6.07) is 11.1. The highest BCUT2D eigenvalue weighted by Crippen LogP contribution is 2.17. The predicted octanol–water partition coefficient (Wildman–Crippen LogP) is 2.35. The summed E-state index contributed by atoms with van der Waals surface area (Å²) in [5.74, 6) is -0.640. The summed E-state index contributed by atoms with van der Waals surface area (Å²) >= 11 is 0. The fraction of sp³-hybridized carbons (Fsp3) is 0.235. The summed E-state index contributed by atoms with van der Waals surface area (Å²) in [6.45, 7) is 0. The second-order valence-electron chi connectivity index (χ2n) is 5.31. The maximum Gasteiger partial charge on any atom is 0.288 e. The molecule has 0 saturated carbocycles. The number of aromatic nitrogens is 1. The minimum atomic E-state index is -0.412. The molecule has 0 fully saturated rings. The van der Waals surface area contributed by atoms with Crippen LogP contribution < -0.4 is 10.9 Å². The first kappa shape index (κ1) is 14.3. The van der Waals surface area contributed by atoms with E-state index < -0.39 is 5.91 Å². The first-order valence-electron chi connectivity index (χ1n) is 7.35. The van der Waals surface area contributed by atoms with Crippen molar-refractivity contribution < 1.29 is 9.59 Å². The van der Waals surface area contributed by atoms with E-state index in [1.54, 1.807) is 6.07 Å². The molecule has 0 unspecified atom stereocenters. The number of carbonyl (C=O) groups excluding carboxylic acids is 2. The Morgan fingerprint density at radius 1 is 1.05 bits per heavy atom. The average Bonchev–Trinajstić information content (AvgIpc) is 2.59. The van der Waals surface area contributed by atoms with Gasteiger partial charge < -0.3 is 0 Å². The van der Waals surface area contributed by atoms with Gasteiger partial charge in [-0.25, -0.2) is 4.98 Å². The van der Waals surface area contributed by atoms with Gasteiger partial charge in [0.05, 0.1) is 5.52 Å². The highest BCUT2D eigenvalue weighted by atomic mass is 16.2. The van der Waals surface area contributed by atoms with Crippen LogP contribution in [0.2, 0.25) is 0 Å². The zero-order valence-electron chi connectivity index (χ0n) is 12.1. The number of hydrogen-bond donors (Lipinski definition) is 2. The molecular weight excluding hydrogens is 278 g/mol. The molecule has 0 bridgehead atoms. The summed E-state index contributed by atoms with van der Waals surface area (Å²) < 4.78 is 0. The van der Waals surface area contributed by atoms with Gasteiger partial charge >= 0.3 is 0 Å². The number of hydrogen-bond acceptors (Lipinski definition) is 3. The van der Waals surface area contributed by atoms with Crippen LogP contribution in [0.4, 0.5) is 0 Å². The number of para-hydroxylation sites is 1. The number of pyridine rings is 1. The zero-order valence-corrected chi connectivity index (χ0v) is 12.1. The number of amides is 2. The Bertz CT molecular complexity index is 740. The minimum absolute atomic E-state index is 0.0742. The summed E-state index contributed by atoms with van der Waals surface area (Å²) in [5, 5.41) is 0.970. The third-order valence-electron chi connectivity index (χ3n) is 3.77. The Balaban J connectivity index is 1.63. The molecule has 2 N–H and O–H groups in total. The number of carbonyl (C=O) groups is 2. The fourth-order valence-corrected chi connectivity index (χ4v) is 2.51. The van der Waals surface area contributed by atoms with Crippen molar-refractivity contribution in [1.82, 2.24) is 15.8 Å². The van der Waals surface area contributed by atoms with Crippen molar-refractivity contribution in [2.75, 3.05) is 0 Å². The third kappa shape index (κ3) is 3.14. The predicted molar refractivity (Wildman–Crippen MR) is 83.8 cm³/mol. The summed E-state index contributed by atoms with van der Waals surface area (Å²) in [4.78, 5) is 28.3. The van der Waals surface area contributed by atoms with Crippen LogP contribution in [0.15, 0.2) is 48.6 Å². The number of rotatable bonds is 2. The molecule has 22 heavy (non-hydrogen) atoms. The zero-order chi connectivity index (χ0) is 15.4. The number of nitrogens with one attached hydrogen (secondary N) is 2. The summed E-state index contributed by atoms with van der Waals surface area (Å²) in [5.41, 5.74) is 5.95. The Kier molecular flexibility index (Phi) is 4.14. The largest absolute Gasteiger partial charge is 0.288 e. The van der Waals surface area contributed by atoms with E-state index in [1.165, 1.54) is 0 Å². The quantitative estimate of drug-likeness (QED) is 0.660. The van der Waals surface area contributed by atoms with Gasteiger partial charge in [-0.05, 0) is 31.4 Å². The molecule has 1 aliphatic rings. The van der Waals surface area contributed by atoms with Gasteiger partial charge in [0.25, 0.3) is 5.91 Å². The van der Waals surface area contributed by atoms with Crippen LogP contribution in [0.3, 0.4) is 0 Å². The van der Waals surface area contributed by atoms with Crippen LogP contribution in [0.25, 0.3) is 10.9 Å². The molecule has 0 aliphatic heterocycles. The second-order valence-corrected chi connectivity index (χ2v) is 5.31. The van der Waals surface area contributed by atoms with E-state index in [2.05, 4.69) is 21.9 Å². The van der Waals surface area contributed by atoms with Crippen molar-refractivity contribution in [3.63, 3.8) is 0 Å². The lowest BCUT2D eigenvalue weighted by molar-refractivity contribution is -0.126. The molecule has 1 aromatic carbocycles. The van der Waals surface area contributed by atoms with Crippen molar-refractivity contribution >= 4 is 22.7 Å². The molecule has 0 radical (unpaired) electrons. The third-order valence-corrected chi connectivity index (χ3v) is 3.77. The minimum Gasteiger partial charge on any atom is -0.273 e. The van der Waals surface area contributed by atoms with Crippen LogP contribution in [0.5, 0.6) is 0 Å². The maximum atomic E-state index is 12.1. The number of hydrazine groups is 1. The van der Waals surface area contributed by atoms with E-state index in [0.717, 1.165) is 30.2 Å². The van der Waals surface area contributed by atoms with Gasteiger partial charge in [0.1, 0.15) is 5.69 Å². The van der Waals surface area contributed by atoms with Crippen molar-refractivity contribution in [2.24, 2.45) is 5.92 Å². The van der Waals surface area contributed by atoms with Crippen LogP contribution in [0.1, 0.15) is 29.8 Å². The normalized spacial score (nSPS) is 17.2. The van der Waals surface area contributed by atoms with Gasteiger partial charge in [0.2, 0.25) is 5.91 Å². The highest BCUT2D eigenvalue weighted by molar-refractivity contribution is 5.96. The van der Waals surface area contributed by atoms with Crippen LogP contribution >= 0.6 is 0 Å². The maximum absolute atomic E-state index is 12.1. The molecule has 0 spiro atoms. The molecule has 112 valence electrons. The van der Waals surface area contributed by atoms with Crippen molar-refractivity contribution in [3.05, 3.63) is 54.2 Å². The van der Waals surface area contributed by atoms with Gasteiger partial charge in [-0.3, -0.25) is 20.4 Å². The first-order valence-corrected chi connectivity index (χ1v) is 7.35. The van der Waals surface area contributed by atoms with E-state index >= 15 is 0 Å². The standard InChI is InChI=1S/C17H17N3O2/c21-16(13-7-2-1-3-8-13)19-20-17(22)15-11-10-12-6-4-5-9-14(12)18-15/h1-2,4-6,9-11,13H,3,7-8H2,(H,19,21)(H,20,22)/t13-/m1/s1. The molecule has 2 aromatic rings. The Labute approximate surface area is 128 Å². The fourth-order valence-electron chi connectivity index (χ4n) is 2.51. The molecule has 3 rings (SSSR count). The molecule has 1 aromatic heterocycles. The van der Waals surface area contributed by atoms with Gasteiger partial charge in [-0.1, -0.05) is 36.4 Å². The van der Waals surface area contributed by atoms with Crippen LogP contribution in [0, 0.1) is 5.92 Å². The lowest BCUT2D eigenvalue weighted by Crippen LogP contribution is -2.45. The lowest BCUT2D eigenvalue weighted by atomic mass is 9.94. The second kappa shape index (κ2) is 6.39. The van der Waals surface area contributed by atoms with E-state index in [1.807, 2.05) is 36.4 Å². The Hall–Kier alpha value is -2.69. The smallest absolute Gasteiger partial charge is 0.273 e. The number of allylic oxidation sites excluding steroid dienone is 2. The van der Waals surface area contributed by atoms with Crippen LogP contribution in [-0.4, -0.2) is 16.8 Å². The number of benzene rings is 1. The van der Waals surface area contributed by atoms with Crippen molar-refractivity contribution in [3.8, 4) is 0 Å². The highest BCUT2D eigenvalue weighted by Gasteiger charge is 2.19. The van der Waals surface area contributed by atoms with Crippen molar-refractivity contribution in [1.29, 1.82) is 0 Å². The summed E-state index contributed by atoms with van der Waals surface area (Å²) in [7, 11) is 0. The lowest BCUT2D eigenvalue weighted by Gasteiger charge is -2.17. The van der Waals surface area contributed by atoms with E-state index in [0.29, 0.717) is 0 Å². The summed E-state index contributed by atoms with van der Waals surface area (Å²) in [6.07, 6.45) is 6.50. The molecule has 5 nitrogen and oxygen atoms in total. The topological polar surface area (TPSA) is 71.1 Å². The van der Waals surface area contributed by atoms with Gasteiger partial charge in [-0.2, -0.15) is 0 Å². The van der Waals surface area contributed by atoms with Gasteiger partial charge in [-0.15, -0.1) is 0 Å². The van der Waals surface area contributed by atoms with E-state index in [4.69, 9.17) is 0 Å². The Morgan fingerprint density at radius 3 is 2.73 bits per heavy atom. The van der Waals surface area contributed by atoms with Gasteiger partial charge in [0, 0.05) is 11.3 Å². The monoisotopic (exact) mass is 295 g/mol. The molecule has 2 amide bonds. The van der Waals surface area contributed by atoms with Crippen LogP contribution in [-0.2, 0) is 4.79 Å². The van der Waals surface area contributed by atoms with E-state index in [-0.39, 0.29) is 17.5 Å².